The normalized spacial score (nSPS) is 14.8. The number of halogens is 6. The van der Waals surface area contributed by atoms with Crippen molar-refractivity contribution in [3.8, 4) is 11.5 Å². The Kier molecular flexibility index (Phi) is 7.89. The lowest BCUT2D eigenvalue weighted by molar-refractivity contribution is -0.275. The van der Waals surface area contributed by atoms with Gasteiger partial charge in [0.1, 0.15) is 11.5 Å². The Balaban J connectivity index is 1.90. The summed E-state index contributed by atoms with van der Waals surface area (Å²) in [5.74, 6) is -1.70. The second-order valence-electron chi connectivity index (χ2n) is 9.19. The first-order valence-electron chi connectivity index (χ1n) is 12.0. The van der Waals surface area contributed by atoms with Gasteiger partial charge in [-0.1, -0.05) is 67.4 Å². The average Bonchev–Trinajstić information content (AvgIpc) is 3.38. The Morgan fingerprint density at radius 3 is 1.71 bits per heavy atom. The van der Waals surface area contributed by atoms with E-state index in [1.165, 1.54) is 24.3 Å². The average molecular weight is 538 g/mol. The lowest BCUT2D eigenvalue weighted by Gasteiger charge is -2.38. The molecule has 202 valence electrons. The summed E-state index contributed by atoms with van der Waals surface area (Å²) in [7, 11) is 0. The molecule has 4 nitrogen and oxygen atoms in total. The number of carbonyl (C=O) groups is 1. The van der Waals surface area contributed by atoms with Gasteiger partial charge in [0.2, 0.25) is 5.91 Å². The zero-order valence-corrected chi connectivity index (χ0v) is 20.1. The minimum Gasteiger partial charge on any atom is -0.406 e. The molecule has 0 unspecified atom stereocenters. The Labute approximate surface area is 215 Å². The third-order valence-electron chi connectivity index (χ3n) is 6.50. The van der Waals surface area contributed by atoms with E-state index in [1.54, 1.807) is 30.3 Å². The van der Waals surface area contributed by atoms with E-state index < -0.39 is 29.8 Å². The summed E-state index contributed by atoms with van der Waals surface area (Å²) in [6, 6.07) is 19.0. The first-order chi connectivity index (χ1) is 17.9. The van der Waals surface area contributed by atoms with E-state index >= 15 is 0 Å². The minimum atomic E-state index is -4.96. The van der Waals surface area contributed by atoms with Gasteiger partial charge >= 0.3 is 12.7 Å². The van der Waals surface area contributed by atoms with Crippen molar-refractivity contribution in [3.63, 3.8) is 0 Å². The van der Waals surface area contributed by atoms with Crippen LogP contribution in [0.3, 0.4) is 0 Å². The molecular formula is C28H25F6NO3. The molecule has 0 radical (unpaired) electrons. The predicted molar refractivity (Wildman–Crippen MR) is 127 cm³/mol. The lowest BCUT2D eigenvalue weighted by Crippen LogP contribution is -2.50. The van der Waals surface area contributed by atoms with Crippen molar-refractivity contribution in [1.29, 1.82) is 0 Å². The van der Waals surface area contributed by atoms with E-state index in [2.05, 4.69) is 14.8 Å². The topological polar surface area (TPSA) is 47.6 Å². The number of benzene rings is 3. The molecule has 0 spiro atoms. The van der Waals surface area contributed by atoms with E-state index in [9.17, 15) is 31.1 Å². The van der Waals surface area contributed by atoms with Crippen LogP contribution in [0.1, 0.15) is 42.4 Å². The van der Waals surface area contributed by atoms with E-state index in [4.69, 9.17) is 0 Å². The molecule has 38 heavy (non-hydrogen) atoms. The fraction of sp³-hybridized carbons (Fsp3) is 0.321. The van der Waals surface area contributed by atoms with Crippen LogP contribution in [-0.2, 0) is 16.8 Å². The van der Waals surface area contributed by atoms with Crippen LogP contribution in [0.15, 0.2) is 78.9 Å². The van der Waals surface area contributed by atoms with Crippen molar-refractivity contribution >= 4 is 5.91 Å². The van der Waals surface area contributed by atoms with Gasteiger partial charge in [0, 0.05) is 12.3 Å². The second-order valence-corrected chi connectivity index (χ2v) is 9.19. The second kappa shape index (κ2) is 11.0. The van der Waals surface area contributed by atoms with E-state index in [-0.39, 0.29) is 29.4 Å². The van der Waals surface area contributed by atoms with Crippen molar-refractivity contribution in [1.82, 2.24) is 5.32 Å². The summed E-state index contributed by atoms with van der Waals surface area (Å²) in [5, 5.41) is 3.02. The molecule has 1 saturated carbocycles. The van der Waals surface area contributed by atoms with E-state index in [0.29, 0.717) is 18.4 Å². The molecule has 1 fully saturated rings. The molecule has 3 aromatic carbocycles. The highest BCUT2D eigenvalue weighted by Crippen LogP contribution is 2.39. The van der Waals surface area contributed by atoms with Crippen LogP contribution in [0.2, 0.25) is 0 Å². The molecular weight excluding hydrogens is 512 g/mol. The van der Waals surface area contributed by atoms with Gasteiger partial charge in [0.25, 0.3) is 0 Å². The van der Waals surface area contributed by atoms with Gasteiger partial charge in [0.15, 0.2) is 0 Å². The summed E-state index contributed by atoms with van der Waals surface area (Å²) < 4.78 is 86.6. The maximum absolute atomic E-state index is 13.5. The van der Waals surface area contributed by atoms with Crippen LogP contribution in [0, 0.1) is 5.92 Å². The standard InChI is InChI=1S/C28H25F6NO3/c29-27(30,31)37-23-14-6-12-21(16-23)26(18-19-8-2-1-3-9-19,35-25(36)20-10-4-5-11-20)22-13-7-15-24(17-22)38-28(32,33)34/h1-3,6-9,12-17,20H,4-5,10-11,18H2,(H,35,36). The van der Waals surface area contributed by atoms with Crippen molar-refractivity contribution in [2.75, 3.05) is 0 Å². The van der Waals surface area contributed by atoms with Crippen molar-refractivity contribution in [2.45, 2.75) is 50.4 Å². The van der Waals surface area contributed by atoms with Crippen LogP contribution >= 0.6 is 0 Å². The SMILES string of the molecule is O=C(NC(Cc1ccccc1)(c1cccc(OC(F)(F)F)c1)c1cccc(OC(F)(F)F)c1)C1CCCC1. The van der Waals surface area contributed by atoms with Crippen molar-refractivity contribution < 1.29 is 40.6 Å². The number of hydrogen-bond acceptors (Lipinski definition) is 3. The third kappa shape index (κ3) is 6.99. The molecule has 3 aromatic rings. The molecule has 4 rings (SSSR count). The van der Waals surface area contributed by atoms with Crippen LogP contribution in [0.4, 0.5) is 26.3 Å². The zero-order valence-electron chi connectivity index (χ0n) is 20.1. The smallest absolute Gasteiger partial charge is 0.406 e. The highest BCUT2D eigenvalue weighted by Gasteiger charge is 2.40. The van der Waals surface area contributed by atoms with Gasteiger partial charge in [-0.15, -0.1) is 26.3 Å². The van der Waals surface area contributed by atoms with Crippen molar-refractivity contribution in [2.24, 2.45) is 5.92 Å². The van der Waals surface area contributed by atoms with E-state index in [1.807, 2.05) is 0 Å². The number of alkyl halides is 6. The Morgan fingerprint density at radius 2 is 1.24 bits per heavy atom. The molecule has 0 atom stereocenters. The van der Waals surface area contributed by atoms with Gasteiger partial charge in [-0.3, -0.25) is 4.79 Å². The van der Waals surface area contributed by atoms with E-state index in [0.717, 1.165) is 37.1 Å². The minimum absolute atomic E-state index is 0.0389. The Bertz CT molecular complexity index is 1180. The van der Waals surface area contributed by atoms with Gasteiger partial charge in [-0.25, -0.2) is 0 Å². The van der Waals surface area contributed by atoms with Gasteiger partial charge in [-0.05, 0) is 53.8 Å². The highest BCUT2D eigenvalue weighted by atomic mass is 19.4. The summed E-state index contributed by atoms with van der Waals surface area (Å²) in [4.78, 5) is 13.5. The van der Waals surface area contributed by atoms with Gasteiger partial charge in [0.05, 0.1) is 5.54 Å². The molecule has 1 N–H and O–H groups in total. The summed E-state index contributed by atoms with van der Waals surface area (Å²) in [6.45, 7) is 0. The molecule has 0 aliphatic heterocycles. The lowest BCUT2D eigenvalue weighted by atomic mass is 9.77. The first-order valence-corrected chi connectivity index (χ1v) is 12.0. The molecule has 1 amide bonds. The fourth-order valence-electron chi connectivity index (χ4n) is 4.88. The molecule has 0 aromatic heterocycles. The summed E-state index contributed by atoms with van der Waals surface area (Å²) in [5.41, 5.74) is -0.433. The molecule has 1 aliphatic carbocycles. The van der Waals surface area contributed by atoms with Gasteiger partial charge in [-0.2, -0.15) is 0 Å². The Hall–Kier alpha value is -3.69. The highest BCUT2D eigenvalue weighted by molar-refractivity contribution is 5.81. The van der Waals surface area contributed by atoms with Gasteiger partial charge < -0.3 is 14.8 Å². The molecule has 0 heterocycles. The number of rotatable bonds is 8. The number of carbonyl (C=O) groups excluding carboxylic acids is 1. The monoisotopic (exact) mass is 537 g/mol. The van der Waals surface area contributed by atoms with Crippen molar-refractivity contribution in [3.05, 3.63) is 95.6 Å². The molecule has 10 heteroatoms. The fourth-order valence-corrected chi connectivity index (χ4v) is 4.88. The molecule has 0 bridgehead atoms. The van der Waals surface area contributed by atoms with Crippen LogP contribution in [0.5, 0.6) is 11.5 Å². The molecule has 1 aliphatic rings. The maximum atomic E-state index is 13.5. The number of ether oxygens (including phenoxy) is 2. The number of amides is 1. The number of hydrogen-bond donors (Lipinski definition) is 1. The van der Waals surface area contributed by atoms with Crippen LogP contribution in [0.25, 0.3) is 0 Å². The maximum Gasteiger partial charge on any atom is 0.573 e. The first kappa shape index (κ1) is 27.3. The molecule has 0 saturated heterocycles. The van der Waals surface area contributed by atoms with Crippen LogP contribution < -0.4 is 14.8 Å². The third-order valence-corrected chi connectivity index (χ3v) is 6.50. The summed E-state index contributed by atoms with van der Waals surface area (Å²) in [6.07, 6.45) is -6.90. The predicted octanol–water partition coefficient (Wildman–Crippen LogP) is 7.28. The largest absolute Gasteiger partial charge is 0.573 e. The quantitative estimate of drug-likeness (QED) is 0.307. The Morgan fingerprint density at radius 1 is 0.737 bits per heavy atom. The summed E-state index contributed by atoms with van der Waals surface area (Å²) >= 11 is 0. The zero-order chi connectivity index (χ0) is 27.4. The van der Waals surface area contributed by atoms with Crippen LogP contribution in [-0.4, -0.2) is 18.6 Å². The number of nitrogens with one attached hydrogen (secondary N) is 1.